The van der Waals surface area contributed by atoms with E-state index < -0.39 is 0 Å². The highest BCUT2D eigenvalue weighted by atomic mass is 32.2. The Balaban J connectivity index is 2.39. The lowest BCUT2D eigenvalue weighted by atomic mass is 10.2. The van der Waals surface area contributed by atoms with Crippen LogP contribution in [0.4, 0.5) is 0 Å². The molecule has 0 aliphatic heterocycles. The van der Waals surface area contributed by atoms with Crippen LogP contribution in [0.5, 0.6) is 0 Å². The second-order valence-corrected chi connectivity index (χ2v) is 5.22. The van der Waals surface area contributed by atoms with Crippen LogP contribution in [0.25, 0.3) is 16.9 Å². The number of hydrogen-bond donors (Lipinski definition) is 0. The summed E-state index contributed by atoms with van der Waals surface area (Å²) in [6, 6.07) is 13.1. The molecule has 0 saturated heterocycles. The molecule has 0 spiro atoms. The van der Waals surface area contributed by atoms with Gasteiger partial charge in [-0.25, -0.2) is 9.97 Å². The van der Waals surface area contributed by atoms with Gasteiger partial charge in [0.1, 0.15) is 5.52 Å². The third-order valence-corrected chi connectivity index (χ3v) is 3.67. The first kappa shape index (κ1) is 12.2. The van der Waals surface area contributed by atoms with E-state index in [9.17, 15) is 0 Å². The van der Waals surface area contributed by atoms with Crippen LogP contribution in [0.1, 0.15) is 11.3 Å². The van der Waals surface area contributed by atoms with Gasteiger partial charge >= 0.3 is 0 Å². The standard InChI is InChI=1S/C15H14N3S/c1-10-9-11(2)16-14-13(10)17-15(19-3)18(14)12-7-5-4-6-8-12/h4-5,7-9H,1-3H3. The van der Waals surface area contributed by atoms with Crippen LogP contribution in [-0.4, -0.2) is 20.8 Å². The van der Waals surface area contributed by atoms with Gasteiger partial charge in [0.25, 0.3) is 0 Å². The van der Waals surface area contributed by atoms with Crippen LogP contribution in [0.15, 0.2) is 35.5 Å². The van der Waals surface area contributed by atoms with Crippen molar-refractivity contribution in [2.24, 2.45) is 0 Å². The number of imidazole rings is 1. The van der Waals surface area contributed by atoms with E-state index in [-0.39, 0.29) is 0 Å². The Labute approximate surface area is 116 Å². The fraction of sp³-hybridized carbons (Fsp3) is 0.200. The molecule has 3 rings (SSSR count). The Morgan fingerprint density at radius 3 is 2.79 bits per heavy atom. The molecule has 0 unspecified atom stereocenters. The maximum Gasteiger partial charge on any atom is 0.174 e. The van der Waals surface area contributed by atoms with E-state index in [1.165, 1.54) is 0 Å². The van der Waals surface area contributed by atoms with Gasteiger partial charge < -0.3 is 0 Å². The van der Waals surface area contributed by atoms with E-state index >= 15 is 0 Å². The van der Waals surface area contributed by atoms with Crippen molar-refractivity contribution >= 4 is 22.9 Å². The van der Waals surface area contributed by atoms with Gasteiger partial charge in [0, 0.05) is 5.69 Å². The van der Waals surface area contributed by atoms with Gasteiger partial charge in [0.2, 0.25) is 0 Å². The van der Waals surface area contributed by atoms with Crippen molar-refractivity contribution in [3.8, 4) is 5.69 Å². The van der Waals surface area contributed by atoms with Crippen molar-refractivity contribution in [2.75, 3.05) is 6.26 Å². The molecule has 0 aliphatic rings. The van der Waals surface area contributed by atoms with Crippen LogP contribution in [-0.2, 0) is 0 Å². The molecule has 0 N–H and O–H groups in total. The number of aromatic nitrogens is 3. The summed E-state index contributed by atoms with van der Waals surface area (Å²) in [5, 5.41) is 0.954. The molecule has 3 nitrogen and oxygen atoms in total. The predicted molar refractivity (Wildman–Crippen MR) is 79.0 cm³/mol. The number of rotatable bonds is 2. The molecular formula is C15H14N3S. The topological polar surface area (TPSA) is 30.7 Å². The van der Waals surface area contributed by atoms with Gasteiger partial charge in [0.15, 0.2) is 10.8 Å². The van der Waals surface area contributed by atoms with Crippen molar-refractivity contribution in [1.29, 1.82) is 0 Å². The summed E-state index contributed by atoms with van der Waals surface area (Å²) in [5.41, 5.74) is 5.11. The van der Waals surface area contributed by atoms with Gasteiger partial charge in [-0.2, -0.15) is 0 Å². The zero-order valence-electron chi connectivity index (χ0n) is 11.1. The number of nitrogens with zero attached hydrogens (tertiary/aromatic N) is 3. The zero-order chi connectivity index (χ0) is 13.4. The van der Waals surface area contributed by atoms with E-state index in [0.717, 1.165) is 33.3 Å². The summed E-state index contributed by atoms with van der Waals surface area (Å²) in [6.45, 7) is 4.09. The highest BCUT2D eigenvalue weighted by Crippen LogP contribution is 2.27. The molecule has 19 heavy (non-hydrogen) atoms. The number of pyridine rings is 1. The summed E-state index contributed by atoms with van der Waals surface area (Å²) < 4.78 is 2.09. The summed E-state index contributed by atoms with van der Waals surface area (Å²) in [4.78, 5) is 9.35. The molecule has 95 valence electrons. The van der Waals surface area contributed by atoms with Crippen molar-refractivity contribution in [2.45, 2.75) is 19.0 Å². The fourth-order valence-electron chi connectivity index (χ4n) is 2.23. The average molecular weight is 268 g/mol. The summed E-state index contributed by atoms with van der Waals surface area (Å²) in [6.07, 6.45) is 2.03. The molecular weight excluding hydrogens is 254 g/mol. The summed E-state index contributed by atoms with van der Waals surface area (Å²) in [5.74, 6) is 0. The molecule has 3 aromatic rings. The largest absolute Gasteiger partial charge is 0.272 e. The van der Waals surface area contributed by atoms with E-state index in [4.69, 9.17) is 4.98 Å². The molecule has 0 fully saturated rings. The minimum Gasteiger partial charge on any atom is -0.272 e. The first-order valence-electron chi connectivity index (χ1n) is 6.08. The van der Waals surface area contributed by atoms with Gasteiger partial charge in [-0.1, -0.05) is 23.9 Å². The molecule has 0 amide bonds. The third kappa shape index (κ3) is 2.02. The van der Waals surface area contributed by atoms with E-state index in [0.29, 0.717) is 0 Å². The molecule has 2 heterocycles. The Morgan fingerprint density at radius 2 is 2.11 bits per heavy atom. The quantitative estimate of drug-likeness (QED) is 0.666. The molecule has 0 bridgehead atoms. The highest BCUT2D eigenvalue weighted by molar-refractivity contribution is 7.98. The lowest BCUT2D eigenvalue weighted by Crippen LogP contribution is -1.98. The minimum absolute atomic E-state index is 0.918. The molecule has 0 saturated carbocycles. The monoisotopic (exact) mass is 268 g/mol. The third-order valence-electron chi connectivity index (χ3n) is 3.03. The lowest BCUT2D eigenvalue weighted by molar-refractivity contribution is 0.909. The second-order valence-electron chi connectivity index (χ2n) is 4.45. The van der Waals surface area contributed by atoms with Crippen LogP contribution in [0, 0.1) is 19.9 Å². The first-order valence-corrected chi connectivity index (χ1v) is 7.30. The Morgan fingerprint density at radius 1 is 1.26 bits per heavy atom. The molecule has 0 aliphatic carbocycles. The highest BCUT2D eigenvalue weighted by Gasteiger charge is 2.14. The Hall–Kier alpha value is -1.81. The number of thioether (sulfide) groups is 1. The predicted octanol–water partition coefficient (Wildman–Crippen LogP) is 3.56. The molecule has 4 heteroatoms. The van der Waals surface area contributed by atoms with Crippen LogP contribution in [0.2, 0.25) is 0 Å². The average Bonchev–Trinajstić information content (AvgIpc) is 2.78. The van der Waals surface area contributed by atoms with Crippen LogP contribution in [0.3, 0.4) is 0 Å². The zero-order valence-corrected chi connectivity index (χ0v) is 12.0. The van der Waals surface area contributed by atoms with Crippen molar-refractivity contribution in [1.82, 2.24) is 14.5 Å². The SMILES string of the molecule is CSc1nc2c(C)cc(C)nc2n1-c1c[c]ccc1. The maximum atomic E-state index is 4.70. The summed E-state index contributed by atoms with van der Waals surface area (Å²) in [7, 11) is 0. The first-order chi connectivity index (χ1) is 9.20. The molecule has 0 atom stereocenters. The van der Waals surface area contributed by atoms with Gasteiger partial charge in [-0.05, 0) is 49.9 Å². The van der Waals surface area contributed by atoms with Crippen molar-refractivity contribution in [3.63, 3.8) is 0 Å². The normalized spacial score (nSPS) is 11.1. The minimum atomic E-state index is 0.918. The second kappa shape index (κ2) is 4.70. The van der Waals surface area contributed by atoms with E-state index in [1.54, 1.807) is 11.8 Å². The number of aryl methyl sites for hydroxylation is 2. The molecule has 1 radical (unpaired) electrons. The van der Waals surface area contributed by atoms with Crippen molar-refractivity contribution in [3.05, 3.63) is 47.7 Å². The van der Waals surface area contributed by atoms with Crippen molar-refractivity contribution < 1.29 is 0 Å². The van der Waals surface area contributed by atoms with Gasteiger partial charge in [-0.15, -0.1) is 0 Å². The number of benzene rings is 1. The smallest absolute Gasteiger partial charge is 0.174 e. The van der Waals surface area contributed by atoms with Crippen LogP contribution >= 0.6 is 11.8 Å². The lowest BCUT2D eigenvalue weighted by Gasteiger charge is -2.07. The number of fused-ring (bicyclic) bond motifs is 1. The Kier molecular flexibility index (Phi) is 3.03. The number of hydrogen-bond acceptors (Lipinski definition) is 3. The maximum absolute atomic E-state index is 4.70. The molecule has 1 aromatic carbocycles. The fourth-order valence-corrected chi connectivity index (χ4v) is 2.79. The summed E-state index contributed by atoms with van der Waals surface area (Å²) >= 11 is 1.63. The van der Waals surface area contributed by atoms with E-state index in [1.807, 2.05) is 31.4 Å². The van der Waals surface area contributed by atoms with Gasteiger partial charge in [0.05, 0.1) is 5.69 Å². The van der Waals surface area contributed by atoms with E-state index in [2.05, 4.69) is 34.7 Å². The molecule has 2 aromatic heterocycles. The van der Waals surface area contributed by atoms with Gasteiger partial charge in [-0.3, -0.25) is 4.57 Å². The van der Waals surface area contributed by atoms with Crippen LogP contribution < -0.4 is 0 Å². The Bertz CT molecular complexity index is 732.